The molecule has 1 aliphatic heterocycles. The standard InChI is InChI=1S/C16H22N2O3/c1-20-13-8-6-12(7-9-13)17-16(19)18-10-3-11-21-15-5-2-4-14(15)18/h6-9,14-15H,2-5,10-11H2,1H3,(H,17,19)/t14-,15+/m1/s1. The van der Waals surface area contributed by atoms with Crippen LogP contribution in [0.5, 0.6) is 5.75 Å². The van der Waals surface area contributed by atoms with Gasteiger partial charge in [-0.15, -0.1) is 0 Å². The summed E-state index contributed by atoms with van der Waals surface area (Å²) >= 11 is 0. The Morgan fingerprint density at radius 2 is 2.10 bits per heavy atom. The smallest absolute Gasteiger partial charge is 0.322 e. The van der Waals surface area contributed by atoms with Gasteiger partial charge in [-0.3, -0.25) is 0 Å². The van der Waals surface area contributed by atoms with E-state index in [1.165, 1.54) is 0 Å². The van der Waals surface area contributed by atoms with Crippen LogP contribution in [-0.4, -0.2) is 43.3 Å². The third kappa shape index (κ3) is 3.13. The van der Waals surface area contributed by atoms with E-state index in [1.54, 1.807) is 7.11 Å². The number of anilines is 1. The molecule has 0 unspecified atom stereocenters. The largest absolute Gasteiger partial charge is 0.497 e. The van der Waals surface area contributed by atoms with E-state index in [0.29, 0.717) is 0 Å². The van der Waals surface area contributed by atoms with Gasteiger partial charge >= 0.3 is 6.03 Å². The highest BCUT2D eigenvalue weighted by Gasteiger charge is 2.36. The van der Waals surface area contributed by atoms with E-state index in [9.17, 15) is 4.79 Å². The minimum atomic E-state index is -0.0254. The molecule has 1 saturated carbocycles. The molecule has 0 bridgehead atoms. The first-order chi connectivity index (χ1) is 10.3. The van der Waals surface area contributed by atoms with Gasteiger partial charge in [-0.05, 0) is 49.9 Å². The second-order valence-corrected chi connectivity index (χ2v) is 5.61. The minimum Gasteiger partial charge on any atom is -0.497 e. The molecule has 114 valence electrons. The van der Waals surface area contributed by atoms with Crippen LogP contribution in [0.1, 0.15) is 25.7 Å². The average molecular weight is 290 g/mol. The van der Waals surface area contributed by atoms with Gasteiger partial charge in [0.1, 0.15) is 5.75 Å². The van der Waals surface area contributed by atoms with Crippen molar-refractivity contribution < 1.29 is 14.3 Å². The number of methoxy groups -OCH3 is 1. The van der Waals surface area contributed by atoms with Gasteiger partial charge in [-0.1, -0.05) is 0 Å². The number of nitrogens with zero attached hydrogens (tertiary/aromatic N) is 1. The highest BCUT2D eigenvalue weighted by molar-refractivity contribution is 5.89. The normalized spacial score (nSPS) is 25.1. The number of amides is 2. The summed E-state index contributed by atoms with van der Waals surface area (Å²) in [5.74, 6) is 0.784. The number of rotatable bonds is 2. The summed E-state index contributed by atoms with van der Waals surface area (Å²) < 4.78 is 11.0. The monoisotopic (exact) mass is 290 g/mol. The Labute approximate surface area is 125 Å². The summed E-state index contributed by atoms with van der Waals surface area (Å²) in [5.41, 5.74) is 0.792. The Balaban J connectivity index is 1.68. The average Bonchev–Trinajstić information content (AvgIpc) is 2.87. The van der Waals surface area contributed by atoms with Gasteiger partial charge in [0.15, 0.2) is 0 Å². The number of benzene rings is 1. The van der Waals surface area contributed by atoms with Crippen LogP contribution < -0.4 is 10.1 Å². The molecule has 1 aromatic rings. The highest BCUT2D eigenvalue weighted by Crippen LogP contribution is 2.29. The number of ether oxygens (including phenoxy) is 2. The Bertz CT molecular complexity index is 489. The number of hydrogen-bond acceptors (Lipinski definition) is 3. The van der Waals surface area contributed by atoms with Crippen LogP contribution >= 0.6 is 0 Å². The number of nitrogens with one attached hydrogen (secondary N) is 1. The number of urea groups is 1. The minimum absolute atomic E-state index is 0.0254. The molecule has 1 aromatic carbocycles. The lowest BCUT2D eigenvalue weighted by molar-refractivity contribution is 0.0413. The van der Waals surface area contributed by atoms with E-state index < -0.39 is 0 Å². The third-order valence-corrected chi connectivity index (χ3v) is 4.30. The van der Waals surface area contributed by atoms with Crippen molar-refractivity contribution in [3.05, 3.63) is 24.3 Å². The first kappa shape index (κ1) is 14.2. The van der Waals surface area contributed by atoms with Gasteiger partial charge in [0.25, 0.3) is 0 Å². The molecule has 5 nitrogen and oxygen atoms in total. The van der Waals surface area contributed by atoms with Crippen LogP contribution in [0.2, 0.25) is 0 Å². The number of carbonyl (C=O) groups is 1. The zero-order valence-corrected chi connectivity index (χ0v) is 12.4. The van der Waals surface area contributed by atoms with Gasteiger partial charge in [0.05, 0.1) is 19.3 Å². The fourth-order valence-corrected chi connectivity index (χ4v) is 3.21. The highest BCUT2D eigenvalue weighted by atomic mass is 16.5. The first-order valence-corrected chi connectivity index (χ1v) is 7.61. The fraction of sp³-hybridized carbons (Fsp3) is 0.562. The molecular weight excluding hydrogens is 268 g/mol. The number of fused-ring (bicyclic) bond motifs is 1. The Morgan fingerprint density at radius 1 is 1.29 bits per heavy atom. The molecule has 2 atom stereocenters. The van der Waals surface area contributed by atoms with Crippen molar-refractivity contribution in [1.82, 2.24) is 4.90 Å². The van der Waals surface area contributed by atoms with Gasteiger partial charge in [0.2, 0.25) is 0 Å². The van der Waals surface area contributed by atoms with Gasteiger partial charge in [0, 0.05) is 18.8 Å². The zero-order chi connectivity index (χ0) is 14.7. The van der Waals surface area contributed by atoms with Crippen molar-refractivity contribution in [3.8, 4) is 5.75 Å². The molecule has 0 radical (unpaired) electrons. The first-order valence-electron chi connectivity index (χ1n) is 7.61. The van der Waals surface area contributed by atoms with Crippen LogP contribution in [0.25, 0.3) is 0 Å². The number of carbonyl (C=O) groups excluding carboxylic acids is 1. The van der Waals surface area contributed by atoms with Crippen LogP contribution in [-0.2, 0) is 4.74 Å². The fourth-order valence-electron chi connectivity index (χ4n) is 3.21. The molecular formula is C16H22N2O3. The van der Waals surface area contributed by atoms with Crippen molar-refractivity contribution in [2.24, 2.45) is 0 Å². The lowest BCUT2D eigenvalue weighted by atomic mass is 10.2. The van der Waals surface area contributed by atoms with Crippen LogP contribution in [0, 0.1) is 0 Å². The third-order valence-electron chi connectivity index (χ3n) is 4.30. The lowest BCUT2D eigenvalue weighted by Crippen LogP contribution is -2.45. The van der Waals surface area contributed by atoms with Gasteiger partial charge < -0.3 is 19.7 Å². The molecule has 3 rings (SSSR count). The van der Waals surface area contributed by atoms with Crippen molar-refractivity contribution in [2.45, 2.75) is 37.8 Å². The maximum Gasteiger partial charge on any atom is 0.322 e. The molecule has 1 saturated heterocycles. The molecule has 1 N–H and O–H groups in total. The van der Waals surface area contributed by atoms with E-state index in [0.717, 1.165) is 50.3 Å². The van der Waals surface area contributed by atoms with E-state index in [-0.39, 0.29) is 18.2 Å². The quantitative estimate of drug-likeness (QED) is 0.911. The summed E-state index contributed by atoms with van der Waals surface area (Å²) in [6, 6.07) is 7.61. The molecule has 0 aromatic heterocycles. The SMILES string of the molecule is COc1ccc(NC(=O)N2CCCO[C@H]3CCC[C@H]32)cc1. The Hall–Kier alpha value is -1.75. The molecule has 0 spiro atoms. The Kier molecular flexibility index (Phi) is 4.29. The second-order valence-electron chi connectivity index (χ2n) is 5.61. The maximum atomic E-state index is 12.5. The summed E-state index contributed by atoms with van der Waals surface area (Å²) in [7, 11) is 1.63. The Morgan fingerprint density at radius 3 is 2.86 bits per heavy atom. The van der Waals surface area contributed by atoms with E-state index >= 15 is 0 Å². The molecule has 1 heterocycles. The van der Waals surface area contributed by atoms with E-state index in [2.05, 4.69) is 5.32 Å². The molecule has 2 aliphatic rings. The van der Waals surface area contributed by atoms with Crippen LogP contribution in [0.4, 0.5) is 10.5 Å². The number of hydrogen-bond donors (Lipinski definition) is 1. The van der Waals surface area contributed by atoms with Crippen LogP contribution in [0.3, 0.4) is 0 Å². The lowest BCUT2D eigenvalue weighted by Gasteiger charge is -2.30. The van der Waals surface area contributed by atoms with Crippen molar-refractivity contribution in [2.75, 3.05) is 25.6 Å². The molecule has 2 fully saturated rings. The molecule has 1 aliphatic carbocycles. The summed E-state index contributed by atoms with van der Waals surface area (Å²) in [6.07, 6.45) is 4.37. The maximum absolute atomic E-state index is 12.5. The molecule has 5 heteroatoms. The summed E-state index contributed by atoms with van der Waals surface area (Å²) in [4.78, 5) is 14.5. The van der Waals surface area contributed by atoms with Crippen molar-refractivity contribution >= 4 is 11.7 Å². The van der Waals surface area contributed by atoms with Crippen molar-refractivity contribution in [3.63, 3.8) is 0 Å². The summed E-state index contributed by atoms with van der Waals surface area (Å²) in [6.45, 7) is 1.52. The van der Waals surface area contributed by atoms with Crippen LogP contribution in [0.15, 0.2) is 24.3 Å². The summed E-state index contributed by atoms with van der Waals surface area (Å²) in [5, 5.41) is 2.98. The van der Waals surface area contributed by atoms with Crippen molar-refractivity contribution in [1.29, 1.82) is 0 Å². The second kappa shape index (κ2) is 6.35. The van der Waals surface area contributed by atoms with E-state index in [4.69, 9.17) is 9.47 Å². The zero-order valence-electron chi connectivity index (χ0n) is 12.4. The van der Waals surface area contributed by atoms with Gasteiger partial charge in [-0.25, -0.2) is 4.79 Å². The predicted octanol–water partition coefficient (Wildman–Crippen LogP) is 2.87. The topological polar surface area (TPSA) is 50.8 Å². The van der Waals surface area contributed by atoms with Gasteiger partial charge in [-0.2, -0.15) is 0 Å². The van der Waals surface area contributed by atoms with E-state index in [1.807, 2.05) is 29.2 Å². The molecule has 21 heavy (non-hydrogen) atoms. The predicted molar refractivity (Wildman–Crippen MR) is 80.7 cm³/mol. The molecule has 2 amide bonds.